The molecule has 3 unspecified atom stereocenters. The molecule has 0 bridgehead atoms. The van der Waals surface area contributed by atoms with E-state index in [4.69, 9.17) is 0 Å². The van der Waals surface area contributed by atoms with Crippen molar-refractivity contribution in [1.82, 2.24) is 10.2 Å². The van der Waals surface area contributed by atoms with Gasteiger partial charge >= 0.3 is 0 Å². The molecule has 0 spiro atoms. The highest BCUT2D eigenvalue weighted by Crippen LogP contribution is 2.35. The maximum absolute atomic E-state index is 11.1. The molecule has 1 aliphatic heterocycles. The van der Waals surface area contributed by atoms with Crippen LogP contribution in [0.4, 0.5) is 0 Å². The Morgan fingerprint density at radius 2 is 2.00 bits per heavy atom. The van der Waals surface area contributed by atoms with E-state index in [0.717, 1.165) is 38.3 Å². The van der Waals surface area contributed by atoms with Gasteiger partial charge in [0.05, 0.1) is 12.0 Å². The second-order valence-corrected chi connectivity index (χ2v) is 6.78. The smallest absolute Gasteiger partial charge is 0.217 e. The summed E-state index contributed by atoms with van der Waals surface area (Å²) in [5.74, 6) is 1.08. The van der Waals surface area contributed by atoms with Gasteiger partial charge in [0.15, 0.2) is 0 Å². The topological polar surface area (TPSA) is 56.1 Å². The maximum atomic E-state index is 11.1. The van der Waals surface area contributed by atoms with Gasteiger partial charge in [-0.15, -0.1) is 0 Å². The molecule has 2 rings (SSSR count). The van der Waals surface area contributed by atoms with Gasteiger partial charge in [0.1, 0.15) is 0 Å². The quantitative estimate of drug-likeness (QED) is 0.866. The van der Waals surface area contributed by atoms with E-state index in [0.29, 0.717) is 12.1 Å². The molecule has 1 saturated heterocycles. The van der Waals surface area contributed by atoms with Crippen molar-refractivity contribution in [2.24, 2.45) is 11.8 Å². The number of amides is 1. The van der Waals surface area contributed by atoms with Gasteiger partial charge in [-0.2, -0.15) is 5.26 Å². The Bertz CT molecular complexity index is 382. The minimum absolute atomic E-state index is 0.0732. The third-order valence-electron chi connectivity index (χ3n) is 5.19. The summed E-state index contributed by atoms with van der Waals surface area (Å²) in [5.41, 5.74) is 0. The lowest BCUT2D eigenvalue weighted by Gasteiger charge is -2.43. The summed E-state index contributed by atoms with van der Waals surface area (Å²) in [5, 5.41) is 12.5. The lowest BCUT2D eigenvalue weighted by molar-refractivity contribution is -0.120. The SMILES string of the molecule is CCCC1CCC(C#N)C(N2CCC(NC(C)=O)CC2)C1. The molecule has 0 radical (unpaired) electrons. The number of nitriles is 1. The fraction of sp³-hybridized carbons (Fsp3) is 0.882. The van der Waals surface area contributed by atoms with E-state index in [-0.39, 0.29) is 11.8 Å². The first-order valence-corrected chi connectivity index (χ1v) is 8.54. The van der Waals surface area contributed by atoms with E-state index >= 15 is 0 Å². The predicted molar refractivity (Wildman–Crippen MR) is 83.6 cm³/mol. The van der Waals surface area contributed by atoms with Crippen molar-refractivity contribution < 1.29 is 4.79 Å². The number of hydrogen-bond donors (Lipinski definition) is 1. The number of piperidine rings is 1. The molecule has 1 aliphatic carbocycles. The average molecular weight is 291 g/mol. The van der Waals surface area contributed by atoms with Crippen LogP contribution in [0.5, 0.6) is 0 Å². The van der Waals surface area contributed by atoms with E-state index in [1.165, 1.54) is 25.7 Å². The van der Waals surface area contributed by atoms with Gasteiger partial charge in [0.25, 0.3) is 0 Å². The molecule has 1 amide bonds. The lowest BCUT2D eigenvalue weighted by Crippen LogP contribution is -2.51. The summed E-state index contributed by atoms with van der Waals surface area (Å²) in [6, 6.07) is 3.32. The van der Waals surface area contributed by atoms with Gasteiger partial charge in [0.2, 0.25) is 5.91 Å². The Morgan fingerprint density at radius 1 is 1.29 bits per heavy atom. The predicted octanol–water partition coefficient (Wildman–Crippen LogP) is 2.70. The number of rotatable bonds is 4. The van der Waals surface area contributed by atoms with E-state index in [1.807, 2.05) is 0 Å². The lowest BCUT2D eigenvalue weighted by atomic mass is 9.76. The van der Waals surface area contributed by atoms with Crippen LogP contribution in [0.15, 0.2) is 0 Å². The molecule has 0 aromatic carbocycles. The summed E-state index contributed by atoms with van der Waals surface area (Å²) >= 11 is 0. The Morgan fingerprint density at radius 3 is 2.57 bits per heavy atom. The van der Waals surface area contributed by atoms with Crippen LogP contribution in [0.1, 0.15) is 58.8 Å². The van der Waals surface area contributed by atoms with Crippen molar-refractivity contribution in [1.29, 1.82) is 5.26 Å². The Balaban J connectivity index is 1.90. The fourth-order valence-corrected chi connectivity index (χ4v) is 4.12. The molecule has 21 heavy (non-hydrogen) atoms. The fourth-order valence-electron chi connectivity index (χ4n) is 4.12. The van der Waals surface area contributed by atoms with E-state index in [1.54, 1.807) is 6.92 Å². The van der Waals surface area contributed by atoms with Crippen LogP contribution in [-0.4, -0.2) is 36.0 Å². The molecule has 2 fully saturated rings. The third kappa shape index (κ3) is 4.44. The van der Waals surface area contributed by atoms with Crippen LogP contribution in [0.25, 0.3) is 0 Å². The molecule has 4 heteroatoms. The molecule has 4 nitrogen and oxygen atoms in total. The monoisotopic (exact) mass is 291 g/mol. The van der Waals surface area contributed by atoms with Gasteiger partial charge in [-0.1, -0.05) is 19.8 Å². The first kappa shape index (κ1) is 16.3. The average Bonchev–Trinajstić information content (AvgIpc) is 2.48. The summed E-state index contributed by atoms with van der Waals surface area (Å²) in [6.07, 6.45) is 8.08. The third-order valence-corrected chi connectivity index (χ3v) is 5.19. The number of nitrogens with zero attached hydrogens (tertiary/aromatic N) is 2. The molecule has 0 aromatic heterocycles. The molecule has 1 saturated carbocycles. The number of nitrogens with one attached hydrogen (secondary N) is 1. The van der Waals surface area contributed by atoms with Crippen molar-refractivity contribution in [2.75, 3.05) is 13.1 Å². The minimum atomic E-state index is 0.0732. The molecular formula is C17H29N3O. The summed E-state index contributed by atoms with van der Waals surface area (Å²) < 4.78 is 0. The normalized spacial score (nSPS) is 31.6. The molecule has 2 aliphatic rings. The Labute approximate surface area is 128 Å². The zero-order valence-electron chi connectivity index (χ0n) is 13.5. The van der Waals surface area contributed by atoms with Crippen molar-refractivity contribution in [3.63, 3.8) is 0 Å². The Hall–Kier alpha value is -1.08. The first-order chi connectivity index (χ1) is 10.1. The van der Waals surface area contributed by atoms with Gasteiger partial charge < -0.3 is 5.32 Å². The number of likely N-dealkylation sites (tertiary alicyclic amines) is 1. The van der Waals surface area contributed by atoms with Crippen molar-refractivity contribution >= 4 is 5.91 Å². The molecular weight excluding hydrogens is 262 g/mol. The van der Waals surface area contributed by atoms with Crippen molar-refractivity contribution in [2.45, 2.75) is 70.9 Å². The number of carbonyl (C=O) groups excluding carboxylic acids is 1. The van der Waals surface area contributed by atoms with E-state index in [9.17, 15) is 10.1 Å². The largest absolute Gasteiger partial charge is 0.354 e. The second kappa shape index (κ2) is 7.79. The van der Waals surface area contributed by atoms with Crippen LogP contribution in [0.3, 0.4) is 0 Å². The molecule has 0 aromatic rings. The van der Waals surface area contributed by atoms with Gasteiger partial charge in [-0.25, -0.2) is 0 Å². The molecule has 1 N–H and O–H groups in total. The van der Waals surface area contributed by atoms with Crippen LogP contribution >= 0.6 is 0 Å². The Kier molecular flexibility index (Phi) is 6.05. The second-order valence-electron chi connectivity index (χ2n) is 6.78. The van der Waals surface area contributed by atoms with Gasteiger partial charge in [-0.05, 0) is 38.0 Å². The molecule has 3 atom stereocenters. The van der Waals surface area contributed by atoms with E-state index in [2.05, 4.69) is 23.2 Å². The van der Waals surface area contributed by atoms with Gasteiger partial charge in [0, 0.05) is 32.1 Å². The number of hydrogen-bond acceptors (Lipinski definition) is 3. The summed E-state index contributed by atoms with van der Waals surface area (Å²) in [6.45, 7) is 5.89. The summed E-state index contributed by atoms with van der Waals surface area (Å²) in [4.78, 5) is 13.7. The zero-order valence-corrected chi connectivity index (χ0v) is 13.5. The van der Waals surface area contributed by atoms with Gasteiger partial charge in [-0.3, -0.25) is 9.69 Å². The summed E-state index contributed by atoms with van der Waals surface area (Å²) in [7, 11) is 0. The minimum Gasteiger partial charge on any atom is -0.354 e. The molecule has 118 valence electrons. The highest BCUT2D eigenvalue weighted by atomic mass is 16.1. The van der Waals surface area contributed by atoms with Crippen LogP contribution in [-0.2, 0) is 4.79 Å². The zero-order chi connectivity index (χ0) is 15.2. The first-order valence-electron chi connectivity index (χ1n) is 8.54. The maximum Gasteiger partial charge on any atom is 0.217 e. The number of carbonyl (C=O) groups is 1. The van der Waals surface area contributed by atoms with Crippen molar-refractivity contribution in [3.8, 4) is 6.07 Å². The molecule has 1 heterocycles. The van der Waals surface area contributed by atoms with Crippen LogP contribution in [0, 0.1) is 23.2 Å². The van der Waals surface area contributed by atoms with Crippen LogP contribution in [0.2, 0.25) is 0 Å². The highest BCUT2D eigenvalue weighted by Gasteiger charge is 2.35. The van der Waals surface area contributed by atoms with Crippen molar-refractivity contribution in [3.05, 3.63) is 0 Å². The standard InChI is InChI=1S/C17H29N3O/c1-3-4-14-5-6-15(12-18)17(11-14)20-9-7-16(8-10-20)19-13(2)21/h14-17H,3-11H2,1-2H3,(H,19,21). The van der Waals surface area contributed by atoms with E-state index < -0.39 is 0 Å². The van der Waals surface area contributed by atoms with Crippen LogP contribution < -0.4 is 5.32 Å². The highest BCUT2D eigenvalue weighted by molar-refractivity contribution is 5.73.